The molecule has 0 radical (unpaired) electrons. The molecule has 1 heterocycles. The first-order chi connectivity index (χ1) is 9.71. The summed E-state index contributed by atoms with van der Waals surface area (Å²) in [5, 5.41) is 16.4. The summed E-state index contributed by atoms with van der Waals surface area (Å²) in [6.07, 6.45) is 7.78. The lowest BCUT2D eigenvalue weighted by Gasteiger charge is -2.20. The molecule has 0 bridgehead atoms. The molecule has 2 aromatic rings. The Morgan fingerprint density at radius 3 is 2.95 bits per heavy atom. The summed E-state index contributed by atoms with van der Waals surface area (Å²) < 4.78 is 13.6. The summed E-state index contributed by atoms with van der Waals surface area (Å²) in [6.45, 7) is 0. The fraction of sp³-hybridized carbons (Fsp3) is 0.125. The molecule has 2 N–H and O–H groups in total. The van der Waals surface area contributed by atoms with E-state index in [1.165, 1.54) is 18.3 Å². The number of H-pyrrole nitrogens is 1. The van der Waals surface area contributed by atoms with Crippen molar-refractivity contribution in [2.45, 2.75) is 12.3 Å². The van der Waals surface area contributed by atoms with Gasteiger partial charge in [-0.25, -0.2) is 4.39 Å². The van der Waals surface area contributed by atoms with Crippen molar-refractivity contribution in [3.05, 3.63) is 64.7 Å². The van der Waals surface area contributed by atoms with Crippen molar-refractivity contribution in [2.75, 3.05) is 0 Å². The molecule has 0 aliphatic heterocycles. The standard InChI is InChI=1S/C16H12FN3/c17-15-2-10(6-18)1-11(5-15)12-3-13(7-19)16-9-20-8-14(16)4-12/h1-3,5,7-9,12,19-20H,4H2. The number of aromatic nitrogens is 1. The number of fused-ring (bicyclic) bond motifs is 1. The maximum atomic E-state index is 13.6. The fourth-order valence-electron chi connectivity index (χ4n) is 2.67. The van der Waals surface area contributed by atoms with E-state index in [1.807, 2.05) is 24.5 Å². The molecular weight excluding hydrogens is 253 g/mol. The van der Waals surface area contributed by atoms with Gasteiger partial charge in [0.25, 0.3) is 0 Å². The number of aromatic amines is 1. The van der Waals surface area contributed by atoms with E-state index in [0.29, 0.717) is 5.56 Å². The highest BCUT2D eigenvalue weighted by atomic mass is 19.1. The third-order valence-corrected chi connectivity index (χ3v) is 3.60. The van der Waals surface area contributed by atoms with Gasteiger partial charge in [0.15, 0.2) is 0 Å². The molecule has 1 unspecified atom stereocenters. The van der Waals surface area contributed by atoms with E-state index >= 15 is 0 Å². The number of hydrogen-bond donors (Lipinski definition) is 2. The molecule has 1 atom stereocenters. The van der Waals surface area contributed by atoms with Gasteiger partial charge in [-0.05, 0) is 41.3 Å². The molecule has 3 nitrogen and oxygen atoms in total. The smallest absolute Gasteiger partial charge is 0.124 e. The highest BCUT2D eigenvalue weighted by molar-refractivity contribution is 6.09. The molecule has 4 heteroatoms. The van der Waals surface area contributed by atoms with Crippen LogP contribution in [0.15, 0.2) is 36.7 Å². The average Bonchev–Trinajstić information content (AvgIpc) is 2.93. The van der Waals surface area contributed by atoms with Crippen LogP contribution in [-0.2, 0) is 6.42 Å². The lowest BCUT2D eigenvalue weighted by Crippen LogP contribution is -2.08. The van der Waals surface area contributed by atoms with Crippen LogP contribution in [0.25, 0.3) is 5.57 Å². The normalized spacial score (nSPS) is 17.0. The zero-order chi connectivity index (χ0) is 14.1. The number of allylic oxidation sites excluding steroid dienone is 2. The third kappa shape index (κ3) is 2.04. The van der Waals surface area contributed by atoms with E-state index in [2.05, 4.69) is 4.98 Å². The minimum atomic E-state index is -0.399. The number of nitrogens with zero attached hydrogens (tertiary/aromatic N) is 1. The van der Waals surface area contributed by atoms with E-state index in [9.17, 15) is 4.39 Å². The molecule has 1 aliphatic rings. The van der Waals surface area contributed by atoms with Gasteiger partial charge in [0.2, 0.25) is 0 Å². The van der Waals surface area contributed by atoms with Gasteiger partial charge in [-0.2, -0.15) is 5.26 Å². The Bertz CT molecular complexity index is 749. The molecule has 1 aliphatic carbocycles. The predicted molar refractivity (Wildman–Crippen MR) is 75.1 cm³/mol. The van der Waals surface area contributed by atoms with Gasteiger partial charge >= 0.3 is 0 Å². The summed E-state index contributed by atoms with van der Waals surface area (Å²) in [5.74, 6) is -0.415. The lowest BCUT2D eigenvalue weighted by molar-refractivity contribution is 0.622. The van der Waals surface area contributed by atoms with Crippen LogP contribution in [0.2, 0.25) is 0 Å². The second-order valence-corrected chi connectivity index (χ2v) is 4.86. The predicted octanol–water partition coefficient (Wildman–Crippen LogP) is 3.40. The average molecular weight is 265 g/mol. The van der Waals surface area contributed by atoms with Crippen molar-refractivity contribution >= 4 is 11.8 Å². The second-order valence-electron chi connectivity index (χ2n) is 4.86. The van der Waals surface area contributed by atoms with E-state index < -0.39 is 5.82 Å². The van der Waals surface area contributed by atoms with Crippen molar-refractivity contribution in [3.63, 3.8) is 0 Å². The molecule has 1 aromatic carbocycles. The maximum absolute atomic E-state index is 13.6. The quantitative estimate of drug-likeness (QED) is 0.803. The summed E-state index contributed by atoms with van der Waals surface area (Å²) in [4.78, 5) is 3.04. The summed E-state index contributed by atoms with van der Waals surface area (Å²) in [7, 11) is 0. The molecule has 0 spiro atoms. The van der Waals surface area contributed by atoms with Crippen LogP contribution in [0.1, 0.15) is 28.2 Å². The van der Waals surface area contributed by atoms with Crippen LogP contribution in [-0.4, -0.2) is 11.2 Å². The van der Waals surface area contributed by atoms with Crippen LogP contribution in [0, 0.1) is 22.6 Å². The number of nitrogens with one attached hydrogen (secondary N) is 2. The number of hydrogen-bond acceptors (Lipinski definition) is 2. The zero-order valence-electron chi connectivity index (χ0n) is 10.7. The Morgan fingerprint density at radius 2 is 2.20 bits per heavy atom. The van der Waals surface area contributed by atoms with Gasteiger partial charge in [0, 0.05) is 30.1 Å². The van der Waals surface area contributed by atoms with Crippen molar-refractivity contribution in [2.24, 2.45) is 0 Å². The van der Waals surface area contributed by atoms with Crippen molar-refractivity contribution in [3.8, 4) is 6.07 Å². The molecule has 1 aromatic heterocycles. The van der Waals surface area contributed by atoms with Gasteiger partial charge in [0.05, 0.1) is 11.6 Å². The number of halogens is 1. The zero-order valence-corrected chi connectivity index (χ0v) is 10.7. The minimum Gasteiger partial charge on any atom is -0.367 e. The van der Waals surface area contributed by atoms with Crippen LogP contribution in [0.5, 0.6) is 0 Å². The van der Waals surface area contributed by atoms with E-state index in [4.69, 9.17) is 10.7 Å². The molecular formula is C16H12FN3. The molecule has 3 rings (SSSR count). The van der Waals surface area contributed by atoms with E-state index in [-0.39, 0.29) is 5.92 Å². The van der Waals surface area contributed by atoms with Crippen LogP contribution < -0.4 is 0 Å². The topological polar surface area (TPSA) is 63.4 Å². The Morgan fingerprint density at radius 1 is 1.35 bits per heavy atom. The number of benzene rings is 1. The Kier molecular flexibility index (Phi) is 2.96. The SMILES string of the molecule is N#Cc1cc(F)cc(C2C=C(C=N)c3c[nH]cc3C2)c1. The Labute approximate surface area is 115 Å². The number of nitriles is 1. The van der Waals surface area contributed by atoms with E-state index in [0.717, 1.165) is 28.7 Å². The minimum absolute atomic E-state index is 0.0160. The maximum Gasteiger partial charge on any atom is 0.124 e. The van der Waals surface area contributed by atoms with Gasteiger partial charge in [-0.3, -0.25) is 0 Å². The first-order valence-corrected chi connectivity index (χ1v) is 6.30. The molecule has 0 fully saturated rings. The highest BCUT2D eigenvalue weighted by Gasteiger charge is 2.21. The molecule has 0 amide bonds. The lowest BCUT2D eigenvalue weighted by atomic mass is 9.83. The summed E-state index contributed by atoms with van der Waals surface area (Å²) >= 11 is 0. The van der Waals surface area contributed by atoms with Crippen molar-refractivity contribution < 1.29 is 4.39 Å². The largest absolute Gasteiger partial charge is 0.367 e. The van der Waals surface area contributed by atoms with Gasteiger partial charge in [-0.15, -0.1) is 0 Å². The van der Waals surface area contributed by atoms with Crippen LogP contribution in [0.4, 0.5) is 4.39 Å². The van der Waals surface area contributed by atoms with Gasteiger partial charge in [-0.1, -0.05) is 6.08 Å². The molecule has 0 saturated heterocycles. The fourth-order valence-corrected chi connectivity index (χ4v) is 2.67. The first kappa shape index (κ1) is 12.4. The first-order valence-electron chi connectivity index (χ1n) is 6.30. The van der Waals surface area contributed by atoms with Crippen LogP contribution >= 0.6 is 0 Å². The van der Waals surface area contributed by atoms with Crippen molar-refractivity contribution in [1.82, 2.24) is 4.98 Å². The van der Waals surface area contributed by atoms with Gasteiger partial charge in [0.1, 0.15) is 5.82 Å². The highest BCUT2D eigenvalue weighted by Crippen LogP contribution is 2.34. The number of rotatable bonds is 2. The summed E-state index contributed by atoms with van der Waals surface area (Å²) in [5.41, 5.74) is 4.05. The van der Waals surface area contributed by atoms with E-state index in [1.54, 1.807) is 6.07 Å². The van der Waals surface area contributed by atoms with Crippen molar-refractivity contribution in [1.29, 1.82) is 10.7 Å². The Balaban J connectivity index is 2.06. The third-order valence-electron chi connectivity index (χ3n) is 3.60. The Hall–Kier alpha value is -2.67. The molecule has 98 valence electrons. The molecule has 0 saturated carbocycles. The molecule has 20 heavy (non-hydrogen) atoms. The van der Waals surface area contributed by atoms with Gasteiger partial charge < -0.3 is 10.4 Å². The summed E-state index contributed by atoms with van der Waals surface area (Å²) in [6, 6.07) is 6.38. The van der Waals surface area contributed by atoms with Crippen LogP contribution in [0.3, 0.4) is 0 Å². The monoisotopic (exact) mass is 265 g/mol. The second kappa shape index (κ2) is 4.78.